The van der Waals surface area contributed by atoms with E-state index in [1.807, 2.05) is 0 Å². The van der Waals surface area contributed by atoms with Crippen LogP contribution in [0, 0.1) is 5.92 Å². The molecule has 0 heterocycles. The van der Waals surface area contributed by atoms with Crippen LogP contribution in [0.3, 0.4) is 0 Å². The lowest BCUT2D eigenvalue weighted by molar-refractivity contribution is 0.241. The molecule has 0 aliphatic rings. The van der Waals surface area contributed by atoms with Crippen molar-refractivity contribution in [2.45, 2.75) is 277 Å². The molecule has 0 radical (unpaired) electrons. The van der Waals surface area contributed by atoms with E-state index in [4.69, 9.17) is 0 Å². The molecule has 0 aliphatic heterocycles. The maximum atomic E-state index is 9.55. The summed E-state index contributed by atoms with van der Waals surface area (Å²) in [5.74, 6) is 0.779. The summed E-state index contributed by atoms with van der Waals surface area (Å²) in [5, 5.41) is 9.55. The summed E-state index contributed by atoms with van der Waals surface area (Å²) >= 11 is 0. The highest BCUT2D eigenvalue weighted by atomic mass is 16.3. The van der Waals surface area contributed by atoms with Crippen LogP contribution in [0.15, 0.2) is 0 Å². The van der Waals surface area contributed by atoms with Crippen LogP contribution in [-0.2, 0) is 0 Å². The number of rotatable bonds is 42. The van der Waals surface area contributed by atoms with Crippen molar-refractivity contribution >= 4 is 0 Å². The van der Waals surface area contributed by atoms with E-state index >= 15 is 0 Å². The van der Waals surface area contributed by atoms with E-state index in [9.17, 15) is 5.11 Å². The fourth-order valence-electron chi connectivity index (χ4n) is 7.64. The van der Waals surface area contributed by atoms with Crippen molar-refractivity contribution in [2.75, 3.05) is 6.61 Å². The first kappa shape index (κ1) is 46.0. The molecule has 0 spiro atoms. The molecule has 0 saturated carbocycles. The molecule has 46 heavy (non-hydrogen) atoms. The molecule has 0 saturated heterocycles. The maximum absolute atomic E-state index is 9.55. The van der Waals surface area contributed by atoms with Gasteiger partial charge >= 0.3 is 0 Å². The molecule has 0 bridgehead atoms. The molecule has 1 unspecified atom stereocenters. The van der Waals surface area contributed by atoms with E-state index in [1.54, 1.807) is 0 Å². The van der Waals surface area contributed by atoms with Gasteiger partial charge in [-0.3, -0.25) is 0 Å². The number of hydrogen-bond acceptors (Lipinski definition) is 1. The Bertz CT molecular complexity index is 501. The zero-order chi connectivity index (χ0) is 33.3. The van der Waals surface area contributed by atoms with E-state index in [0.29, 0.717) is 6.61 Å². The number of aliphatic hydroxyl groups excluding tert-OH is 1. The lowest BCUT2D eigenvalue weighted by atomic mass is 9.91. The van der Waals surface area contributed by atoms with Crippen molar-refractivity contribution < 1.29 is 5.11 Å². The van der Waals surface area contributed by atoms with Crippen LogP contribution in [0.25, 0.3) is 0 Å². The van der Waals surface area contributed by atoms with Crippen LogP contribution in [0.2, 0.25) is 0 Å². The Labute approximate surface area is 294 Å². The van der Waals surface area contributed by atoms with Crippen LogP contribution in [0.1, 0.15) is 277 Å². The molecule has 0 aromatic carbocycles. The van der Waals surface area contributed by atoms with E-state index in [-0.39, 0.29) is 0 Å². The van der Waals surface area contributed by atoms with Crippen molar-refractivity contribution in [1.82, 2.24) is 0 Å². The molecule has 0 fully saturated rings. The van der Waals surface area contributed by atoms with Crippen molar-refractivity contribution in [1.29, 1.82) is 0 Å². The predicted octanol–water partition coefficient (Wildman–Crippen LogP) is 16.6. The Morgan fingerprint density at radius 3 is 0.587 bits per heavy atom. The molecule has 1 N–H and O–H groups in total. The van der Waals surface area contributed by atoms with Crippen LogP contribution in [0.4, 0.5) is 0 Å². The molecule has 0 amide bonds. The standard InChI is InChI=1S/C45H92O/c1-3-5-7-9-11-13-15-17-19-21-23-24-26-28-30-32-34-36-38-40-42-45(43-44-46)41-39-37-35-33-31-29-27-25-22-20-18-16-14-12-10-8-6-4-2/h45-46H,3-44H2,1-2H3. The van der Waals surface area contributed by atoms with Crippen LogP contribution < -0.4 is 0 Å². The maximum Gasteiger partial charge on any atom is 0.0433 e. The van der Waals surface area contributed by atoms with Crippen molar-refractivity contribution in [3.63, 3.8) is 0 Å². The molecule has 0 aliphatic carbocycles. The first-order chi connectivity index (χ1) is 22.8. The van der Waals surface area contributed by atoms with Gasteiger partial charge in [-0.1, -0.05) is 271 Å². The van der Waals surface area contributed by atoms with Gasteiger partial charge in [-0.05, 0) is 12.3 Å². The zero-order valence-corrected chi connectivity index (χ0v) is 32.7. The minimum atomic E-state index is 0.392. The minimum Gasteiger partial charge on any atom is -0.396 e. The number of unbranched alkanes of at least 4 members (excludes halogenated alkanes) is 36. The summed E-state index contributed by atoms with van der Waals surface area (Å²) < 4.78 is 0. The Morgan fingerprint density at radius 2 is 0.413 bits per heavy atom. The SMILES string of the molecule is CCCCCCCCCCCCCCCCCCCCCCC(CCO)CCCCCCCCCCCCCCCCCCCC. The highest BCUT2D eigenvalue weighted by molar-refractivity contribution is 4.61. The number of aliphatic hydroxyl groups is 1. The second-order valence-electron chi connectivity index (χ2n) is 15.7. The first-order valence-corrected chi connectivity index (χ1v) is 22.5. The summed E-state index contributed by atoms with van der Waals surface area (Å²) in [5.41, 5.74) is 0. The molecule has 1 heteroatoms. The van der Waals surface area contributed by atoms with Gasteiger partial charge < -0.3 is 5.11 Å². The monoisotopic (exact) mass is 649 g/mol. The Morgan fingerprint density at radius 1 is 0.239 bits per heavy atom. The normalized spacial score (nSPS) is 12.3. The molecule has 1 nitrogen and oxygen atoms in total. The quantitative estimate of drug-likeness (QED) is 0.0653. The largest absolute Gasteiger partial charge is 0.396 e. The lowest BCUT2D eigenvalue weighted by Crippen LogP contribution is -2.03. The van der Waals surface area contributed by atoms with Gasteiger partial charge in [0.25, 0.3) is 0 Å². The summed E-state index contributed by atoms with van der Waals surface area (Å²) in [6.07, 6.45) is 59.0. The van der Waals surface area contributed by atoms with E-state index in [2.05, 4.69) is 13.8 Å². The van der Waals surface area contributed by atoms with Crippen LogP contribution >= 0.6 is 0 Å². The minimum absolute atomic E-state index is 0.392. The van der Waals surface area contributed by atoms with Crippen molar-refractivity contribution in [3.05, 3.63) is 0 Å². The van der Waals surface area contributed by atoms with E-state index in [0.717, 1.165) is 12.3 Å². The molecule has 1 atom stereocenters. The molecule has 278 valence electrons. The Hall–Kier alpha value is -0.0400. The summed E-state index contributed by atoms with van der Waals surface area (Å²) in [6, 6.07) is 0. The van der Waals surface area contributed by atoms with Gasteiger partial charge in [0.15, 0.2) is 0 Å². The Balaban J connectivity index is 3.33. The molecule has 0 aromatic rings. The fraction of sp³-hybridized carbons (Fsp3) is 1.00. The van der Waals surface area contributed by atoms with Gasteiger partial charge in [-0.15, -0.1) is 0 Å². The third kappa shape index (κ3) is 40.1. The number of hydrogen-bond donors (Lipinski definition) is 1. The average Bonchev–Trinajstić information content (AvgIpc) is 3.06. The van der Waals surface area contributed by atoms with Gasteiger partial charge in [0.1, 0.15) is 0 Å². The van der Waals surface area contributed by atoms with Crippen LogP contribution in [-0.4, -0.2) is 11.7 Å². The second kappa shape index (κ2) is 43.0. The second-order valence-corrected chi connectivity index (χ2v) is 15.7. The lowest BCUT2D eigenvalue weighted by Gasteiger charge is -2.15. The predicted molar refractivity (Wildman–Crippen MR) is 211 cm³/mol. The highest BCUT2D eigenvalue weighted by Gasteiger charge is 2.08. The Kier molecular flexibility index (Phi) is 42.9. The van der Waals surface area contributed by atoms with Gasteiger partial charge in [-0.25, -0.2) is 0 Å². The van der Waals surface area contributed by atoms with Gasteiger partial charge in [-0.2, -0.15) is 0 Å². The average molecular weight is 649 g/mol. The van der Waals surface area contributed by atoms with E-state index in [1.165, 1.54) is 257 Å². The molecule has 0 aromatic heterocycles. The topological polar surface area (TPSA) is 20.2 Å². The summed E-state index contributed by atoms with van der Waals surface area (Å²) in [7, 11) is 0. The van der Waals surface area contributed by atoms with E-state index < -0.39 is 0 Å². The molecular weight excluding hydrogens is 556 g/mol. The molecular formula is C45H92O. The van der Waals surface area contributed by atoms with Crippen LogP contribution in [0.5, 0.6) is 0 Å². The smallest absolute Gasteiger partial charge is 0.0433 e. The third-order valence-electron chi connectivity index (χ3n) is 11.0. The highest BCUT2D eigenvalue weighted by Crippen LogP contribution is 2.22. The van der Waals surface area contributed by atoms with Gasteiger partial charge in [0.05, 0.1) is 0 Å². The van der Waals surface area contributed by atoms with Gasteiger partial charge in [0.2, 0.25) is 0 Å². The molecule has 0 rings (SSSR count). The summed E-state index contributed by atoms with van der Waals surface area (Å²) in [4.78, 5) is 0. The first-order valence-electron chi connectivity index (χ1n) is 22.5. The van der Waals surface area contributed by atoms with Gasteiger partial charge in [0, 0.05) is 6.61 Å². The van der Waals surface area contributed by atoms with Crippen molar-refractivity contribution in [2.24, 2.45) is 5.92 Å². The van der Waals surface area contributed by atoms with Crippen molar-refractivity contribution in [3.8, 4) is 0 Å². The third-order valence-corrected chi connectivity index (χ3v) is 11.0. The summed E-state index contributed by atoms with van der Waals surface area (Å²) in [6.45, 7) is 5.00. The fourth-order valence-corrected chi connectivity index (χ4v) is 7.64. The zero-order valence-electron chi connectivity index (χ0n) is 32.7.